The van der Waals surface area contributed by atoms with E-state index >= 15 is 0 Å². The maximum atomic E-state index is 6.10. The second kappa shape index (κ2) is 3.05. The number of anilines is 1. The Morgan fingerprint density at radius 3 is 2.28 bits per heavy atom. The molecule has 0 amide bonds. The van der Waals surface area contributed by atoms with Gasteiger partial charge in [0.2, 0.25) is 5.95 Å². The summed E-state index contributed by atoms with van der Waals surface area (Å²) >= 11 is 0. The van der Waals surface area contributed by atoms with Crippen LogP contribution in [0.2, 0.25) is 0 Å². The second-order valence-corrected chi connectivity index (χ2v) is 6.48. The highest BCUT2D eigenvalue weighted by Crippen LogP contribution is 2.72. The third kappa shape index (κ3) is 1.21. The molecule has 0 aromatic carbocycles. The summed E-state index contributed by atoms with van der Waals surface area (Å²) in [5.41, 5.74) is 9.34. The molecular formula is C14H20N4. The minimum atomic E-state index is 0.222. The molecule has 2 aromatic heterocycles. The first-order valence-corrected chi connectivity index (χ1v) is 6.38. The van der Waals surface area contributed by atoms with E-state index in [0.29, 0.717) is 12.0 Å². The zero-order valence-corrected chi connectivity index (χ0v) is 11.7. The first-order valence-electron chi connectivity index (χ1n) is 6.38. The van der Waals surface area contributed by atoms with Crippen molar-refractivity contribution in [3.63, 3.8) is 0 Å². The molecule has 0 aliphatic heterocycles. The lowest BCUT2D eigenvalue weighted by atomic mass is 10.0. The molecule has 2 N–H and O–H groups in total. The van der Waals surface area contributed by atoms with Crippen LogP contribution in [0, 0.1) is 17.8 Å². The summed E-state index contributed by atoms with van der Waals surface area (Å²) in [6.45, 7) is 11.1. The first-order chi connectivity index (χ1) is 8.26. The number of fused-ring (bicyclic) bond motifs is 1. The van der Waals surface area contributed by atoms with E-state index in [4.69, 9.17) is 5.73 Å². The molecular weight excluding hydrogens is 224 g/mol. The zero-order chi connectivity index (χ0) is 13.3. The van der Waals surface area contributed by atoms with Crippen LogP contribution in [0.1, 0.15) is 39.4 Å². The van der Waals surface area contributed by atoms with Crippen LogP contribution in [0.4, 0.5) is 5.95 Å². The Labute approximate surface area is 107 Å². The Bertz CT molecular complexity index is 623. The molecule has 2 aromatic rings. The summed E-state index contributed by atoms with van der Waals surface area (Å²) < 4.78 is 2.11. The number of nitrogen functional groups attached to an aromatic ring is 1. The van der Waals surface area contributed by atoms with Gasteiger partial charge in [0.1, 0.15) is 5.52 Å². The van der Waals surface area contributed by atoms with Crippen molar-refractivity contribution in [1.82, 2.24) is 14.5 Å². The maximum absolute atomic E-state index is 6.10. The van der Waals surface area contributed by atoms with E-state index in [1.54, 1.807) is 0 Å². The number of pyridine rings is 1. The van der Waals surface area contributed by atoms with Crippen molar-refractivity contribution in [2.24, 2.45) is 10.8 Å². The molecule has 0 bridgehead atoms. The second-order valence-electron chi connectivity index (χ2n) is 6.48. The SMILES string of the molecule is Cc1ccc2nc(N)n(C3C(C)(C)C3(C)C)c2n1. The minimum absolute atomic E-state index is 0.222. The summed E-state index contributed by atoms with van der Waals surface area (Å²) in [7, 11) is 0. The number of nitrogens with zero attached hydrogens (tertiary/aromatic N) is 3. The number of imidazole rings is 1. The quantitative estimate of drug-likeness (QED) is 0.839. The molecule has 0 spiro atoms. The van der Waals surface area contributed by atoms with Gasteiger partial charge in [-0.2, -0.15) is 0 Å². The van der Waals surface area contributed by atoms with Gasteiger partial charge in [0, 0.05) is 11.7 Å². The molecule has 0 unspecified atom stereocenters. The van der Waals surface area contributed by atoms with Crippen molar-refractivity contribution < 1.29 is 0 Å². The van der Waals surface area contributed by atoms with Crippen molar-refractivity contribution in [1.29, 1.82) is 0 Å². The van der Waals surface area contributed by atoms with Crippen LogP contribution in [0.3, 0.4) is 0 Å². The Balaban J connectivity index is 2.25. The fourth-order valence-electron chi connectivity index (χ4n) is 3.15. The summed E-state index contributed by atoms with van der Waals surface area (Å²) in [5, 5.41) is 0. The zero-order valence-electron chi connectivity index (χ0n) is 11.7. The van der Waals surface area contributed by atoms with Crippen LogP contribution in [0.25, 0.3) is 11.2 Å². The minimum Gasteiger partial charge on any atom is -0.369 e. The molecule has 4 nitrogen and oxygen atoms in total. The smallest absolute Gasteiger partial charge is 0.202 e. The summed E-state index contributed by atoms with van der Waals surface area (Å²) in [6.07, 6.45) is 0. The lowest BCUT2D eigenvalue weighted by Crippen LogP contribution is -2.06. The topological polar surface area (TPSA) is 56.7 Å². The van der Waals surface area contributed by atoms with Crippen molar-refractivity contribution in [2.45, 2.75) is 40.7 Å². The van der Waals surface area contributed by atoms with Crippen molar-refractivity contribution in [3.8, 4) is 0 Å². The first kappa shape index (κ1) is 11.5. The molecule has 3 rings (SSSR count). The van der Waals surface area contributed by atoms with Crippen LogP contribution in [0.15, 0.2) is 12.1 Å². The third-order valence-corrected chi connectivity index (χ3v) is 4.91. The molecule has 4 heteroatoms. The highest BCUT2D eigenvalue weighted by molar-refractivity contribution is 5.75. The average molecular weight is 244 g/mol. The number of aryl methyl sites for hydroxylation is 1. The van der Waals surface area contributed by atoms with E-state index in [1.165, 1.54) is 0 Å². The molecule has 2 heterocycles. The lowest BCUT2D eigenvalue weighted by Gasteiger charge is -2.08. The van der Waals surface area contributed by atoms with Gasteiger partial charge in [-0.15, -0.1) is 0 Å². The molecule has 96 valence electrons. The van der Waals surface area contributed by atoms with Crippen LogP contribution in [-0.2, 0) is 0 Å². The number of nitrogens with two attached hydrogens (primary N) is 1. The largest absolute Gasteiger partial charge is 0.369 e. The monoisotopic (exact) mass is 244 g/mol. The Kier molecular flexibility index (Phi) is 1.95. The molecule has 1 saturated carbocycles. The predicted molar refractivity (Wildman–Crippen MR) is 73.3 cm³/mol. The predicted octanol–water partition coefficient (Wildman–Crippen LogP) is 2.93. The summed E-state index contributed by atoms with van der Waals surface area (Å²) in [4.78, 5) is 9.03. The van der Waals surface area contributed by atoms with Gasteiger partial charge < -0.3 is 5.73 Å². The van der Waals surface area contributed by atoms with Crippen LogP contribution < -0.4 is 5.73 Å². The normalized spacial score (nSPS) is 21.4. The number of rotatable bonds is 1. The van der Waals surface area contributed by atoms with E-state index in [-0.39, 0.29) is 10.8 Å². The van der Waals surface area contributed by atoms with Gasteiger partial charge in [0.25, 0.3) is 0 Å². The van der Waals surface area contributed by atoms with Gasteiger partial charge in [-0.05, 0) is 29.9 Å². The third-order valence-electron chi connectivity index (χ3n) is 4.91. The molecule has 1 aliphatic carbocycles. The fraction of sp³-hybridized carbons (Fsp3) is 0.571. The van der Waals surface area contributed by atoms with Crippen molar-refractivity contribution in [2.75, 3.05) is 5.73 Å². The van der Waals surface area contributed by atoms with Gasteiger partial charge in [0.05, 0.1) is 0 Å². The number of hydrogen-bond donors (Lipinski definition) is 1. The van der Waals surface area contributed by atoms with E-state index < -0.39 is 0 Å². The van der Waals surface area contributed by atoms with Gasteiger partial charge >= 0.3 is 0 Å². The van der Waals surface area contributed by atoms with Crippen molar-refractivity contribution in [3.05, 3.63) is 17.8 Å². The maximum Gasteiger partial charge on any atom is 0.202 e. The number of hydrogen-bond acceptors (Lipinski definition) is 3. The molecule has 0 atom stereocenters. The number of aromatic nitrogens is 3. The molecule has 0 saturated heterocycles. The van der Waals surface area contributed by atoms with Gasteiger partial charge in [-0.3, -0.25) is 4.57 Å². The van der Waals surface area contributed by atoms with E-state index in [1.807, 2.05) is 19.1 Å². The summed E-state index contributed by atoms with van der Waals surface area (Å²) in [5.74, 6) is 0.576. The van der Waals surface area contributed by atoms with Crippen LogP contribution >= 0.6 is 0 Å². The van der Waals surface area contributed by atoms with Crippen molar-refractivity contribution >= 4 is 17.1 Å². The highest BCUT2D eigenvalue weighted by atomic mass is 15.3. The standard InChI is InChI=1S/C14H20N4/c1-8-6-7-9-10(16-8)18(12(15)17-9)11-13(2,3)14(11,4)5/h6-7,11H,1-5H3,(H2,15,17). The lowest BCUT2D eigenvalue weighted by molar-refractivity contribution is 0.457. The molecule has 18 heavy (non-hydrogen) atoms. The Morgan fingerprint density at radius 2 is 1.72 bits per heavy atom. The molecule has 0 radical (unpaired) electrons. The molecule has 1 fully saturated rings. The summed E-state index contributed by atoms with van der Waals surface area (Å²) in [6, 6.07) is 4.33. The van der Waals surface area contributed by atoms with E-state index in [9.17, 15) is 0 Å². The van der Waals surface area contributed by atoms with Gasteiger partial charge in [-0.1, -0.05) is 27.7 Å². The van der Waals surface area contributed by atoms with Gasteiger partial charge in [-0.25, -0.2) is 9.97 Å². The van der Waals surface area contributed by atoms with Gasteiger partial charge in [0.15, 0.2) is 5.65 Å². The average Bonchev–Trinajstić information content (AvgIpc) is 2.53. The van der Waals surface area contributed by atoms with E-state index in [0.717, 1.165) is 16.9 Å². The van der Waals surface area contributed by atoms with E-state index in [2.05, 4.69) is 42.2 Å². The van der Waals surface area contributed by atoms with Crippen LogP contribution in [-0.4, -0.2) is 14.5 Å². The molecule has 1 aliphatic rings. The fourth-order valence-corrected chi connectivity index (χ4v) is 3.15. The Hall–Kier alpha value is -1.58. The highest BCUT2D eigenvalue weighted by Gasteiger charge is 2.66. The van der Waals surface area contributed by atoms with Crippen LogP contribution in [0.5, 0.6) is 0 Å². The Morgan fingerprint density at radius 1 is 1.11 bits per heavy atom.